The van der Waals surface area contributed by atoms with E-state index >= 15 is 0 Å². The van der Waals surface area contributed by atoms with Crippen LogP contribution in [0.2, 0.25) is 10.0 Å². The third-order valence-electron chi connectivity index (χ3n) is 2.43. The van der Waals surface area contributed by atoms with Gasteiger partial charge in [0.1, 0.15) is 5.82 Å². The van der Waals surface area contributed by atoms with Crippen LogP contribution in [0.4, 0.5) is 11.5 Å². The zero-order valence-electron chi connectivity index (χ0n) is 10.1. The van der Waals surface area contributed by atoms with Gasteiger partial charge in [-0.05, 0) is 31.2 Å². The molecule has 0 atom stereocenters. The van der Waals surface area contributed by atoms with Gasteiger partial charge < -0.3 is 11.1 Å². The zero-order chi connectivity index (χ0) is 14.0. The number of benzene rings is 1. The van der Waals surface area contributed by atoms with Gasteiger partial charge in [0.25, 0.3) is 5.91 Å². The van der Waals surface area contributed by atoms with Crippen LogP contribution in [0.25, 0.3) is 0 Å². The van der Waals surface area contributed by atoms with Crippen LogP contribution in [0.1, 0.15) is 16.1 Å². The number of pyridine rings is 1. The molecule has 98 valence electrons. The molecule has 19 heavy (non-hydrogen) atoms. The fourth-order valence-electron chi connectivity index (χ4n) is 1.57. The van der Waals surface area contributed by atoms with E-state index < -0.39 is 5.91 Å². The minimum absolute atomic E-state index is 0.168. The lowest BCUT2D eigenvalue weighted by atomic mass is 10.2. The molecular weight excluding hydrogens is 285 g/mol. The van der Waals surface area contributed by atoms with E-state index in [2.05, 4.69) is 10.3 Å². The van der Waals surface area contributed by atoms with Crippen molar-refractivity contribution in [1.82, 2.24) is 4.98 Å². The number of nitrogens with one attached hydrogen (secondary N) is 1. The summed E-state index contributed by atoms with van der Waals surface area (Å²) in [6.07, 6.45) is 0. The first-order valence-electron chi connectivity index (χ1n) is 5.47. The number of amides is 1. The summed E-state index contributed by atoms with van der Waals surface area (Å²) in [5, 5.41) is 3.05. The Morgan fingerprint density at radius 2 is 2.05 bits per heavy atom. The molecule has 1 heterocycles. The highest BCUT2D eigenvalue weighted by Gasteiger charge is 2.14. The normalized spacial score (nSPS) is 10.3. The quantitative estimate of drug-likeness (QED) is 0.833. The number of halogens is 2. The molecule has 0 aliphatic heterocycles. The summed E-state index contributed by atoms with van der Waals surface area (Å²) in [5.74, 6) is 0.0388. The second-order valence-electron chi connectivity index (χ2n) is 3.98. The standard InChI is InChI=1S/C13H11Cl2N3O/c1-7-3-2-4-11(17-7)18-13(19)9-5-8(16)6-10(14)12(9)15/h2-6H,16H2,1H3,(H,17,18,19). The number of anilines is 2. The summed E-state index contributed by atoms with van der Waals surface area (Å²) in [6, 6.07) is 8.28. The molecular formula is C13H11Cl2N3O. The second kappa shape index (κ2) is 5.47. The van der Waals surface area contributed by atoms with Crippen molar-refractivity contribution in [2.75, 3.05) is 11.1 Å². The van der Waals surface area contributed by atoms with Gasteiger partial charge in [0.05, 0.1) is 15.6 Å². The first kappa shape index (κ1) is 13.6. The maximum atomic E-state index is 12.1. The minimum atomic E-state index is -0.405. The third kappa shape index (κ3) is 3.16. The van der Waals surface area contributed by atoms with Crippen molar-refractivity contribution in [3.05, 3.63) is 51.6 Å². The highest BCUT2D eigenvalue weighted by atomic mass is 35.5. The van der Waals surface area contributed by atoms with Gasteiger partial charge in [-0.1, -0.05) is 29.3 Å². The second-order valence-corrected chi connectivity index (χ2v) is 4.77. The molecule has 0 spiro atoms. The molecule has 0 saturated carbocycles. The number of rotatable bonds is 2. The molecule has 1 aromatic heterocycles. The lowest BCUT2D eigenvalue weighted by Gasteiger charge is -2.08. The van der Waals surface area contributed by atoms with Gasteiger partial charge in [0.15, 0.2) is 0 Å². The Bertz CT molecular complexity index is 644. The van der Waals surface area contributed by atoms with Gasteiger partial charge in [-0.2, -0.15) is 0 Å². The first-order chi connectivity index (χ1) is 8.97. The Labute approximate surface area is 120 Å². The molecule has 0 fully saturated rings. The molecule has 0 bridgehead atoms. The minimum Gasteiger partial charge on any atom is -0.399 e. The van der Waals surface area contributed by atoms with Crippen LogP contribution in [0.3, 0.4) is 0 Å². The van der Waals surface area contributed by atoms with Crippen molar-refractivity contribution in [1.29, 1.82) is 0 Å². The Balaban J connectivity index is 2.30. The van der Waals surface area contributed by atoms with Gasteiger partial charge in [-0.25, -0.2) is 4.98 Å². The number of aromatic nitrogens is 1. The fraction of sp³-hybridized carbons (Fsp3) is 0.0769. The molecule has 1 amide bonds. The smallest absolute Gasteiger partial charge is 0.258 e. The molecule has 1 aromatic carbocycles. The van der Waals surface area contributed by atoms with Gasteiger partial charge >= 0.3 is 0 Å². The topological polar surface area (TPSA) is 68.0 Å². The highest BCUT2D eigenvalue weighted by Crippen LogP contribution is 2.29. The van der Waals surface area contributed by atoms with Crippen LogP contribution in [-0.2, 0) is 0 Å². The average molecular weight is 296 g/mol. The van der Waals surface area contributed by atoms with Crippen LogP contribution < -0.4 is 11.1 Å². The SMILES string of the molecule is Cc1cccc(NC(=O)c2cc(N)cc(Cl)c2Cl)n1. The third-order valence-corrected chi connectivity index (χ3v) is 3.23. The molecule has 0 aliphatic rings. The summed E-state index contributed by atoms with van der Waals surface area (Å²) < 4.78 is 0. The molecule has 0 saturated heterocycles. The fourth-order valence-corrected chi connectivity index (χ4v) is 1.99. The van der Waals surface area contributed by atoms with Crippen molar-refractivity contribution in [2.45, 2.75) is 6.92 Å². The number of hydrogen-bond donors (Lipinski definition) is 2. The van der Waals surface area contributed by atoms with E-state index in [4.69, 9.17) is 28.9 Å². The maximum Gasteiger partial charge on any atom is 0.258 e. The van der Waals surface area contributed by atoms with E-state index in [0.29, 0.717) is 11.5 Å². The van der Waals surface area contributed by atoms with Crippen molar-refractivity contribution in [3.8, 4) is 0 Å². The van der Waals surface area contributed by atoms with E-state index in [0.717, 1.165) is 5.69 Å². The summed E-state index contributed by atoms with van der Waals surface area (Å²) in [5.41, 5.74) is 7.03. The van der Waals surface area contributed by atoms with E-state index in [-0.39, 0.29) is 15.6 Å². The lowest BCUT2D eigenvalue weighted by molar-refractivity contribution is 0.102. The number of aryl methyl sites for hydroxylation is 1. The number of nitrogens with zero attached hydrogens (tertiary/aromatic N) is 1. The predicted octanol–water partition coefficient (Wildman–Crippen LogP) is 3.53. The van der Waals surface area contributed by atoms with Crippen LogP contribution >= 0.6 is 23.2 Å². The van der Waals surface area contributed by atoms with Crippen LogP contribution in [0.5, 0.6) is 0 Å². The molecule has 0 unspecified atom stereocenters. The number of hydrogen-bond acceptors (Lipinski definition) is 3. The van der Waals surface area contributed by atoms with E-state index in [1.165, 1.54) is 12.1 Å². The highest BCUT2D eigenvalue weighted by molar-refractivity contribution is 6.44. The largest absolute Gasteiger partial charge is 0.399 e. The zero-order valence-corrected chi connectivity index (χ0v) is 11.6. The van der Waals surface area contributed by atoms with Crippen molar-refractivity contribution < 1.29 is 4.79 Å². The van der Waals surface area contributed by atoms with Crippen LogP contribution in [-0.4, -0.2) is 10.9 Å². The maximum absolute atomic E-state index is 12.1. The van der Waals surface area contributed by atoms with Gasteiger partial charge in [-0.15, -0.1) is 0 Å². The molecule has 2 aromatic rings. The molecule has 0 radical (unpaired) electrons. The summed E-state index contributed by atoms with van der Waals surface area (Å²) in [4.78, 5) is 16.3. The number of carbonyl (C=O) groups excluding carboxylic acids is 1. The lowest BCUT2D eigenvalue weighted by Crippen LogP contribution is -2.14. The molecule has 4 nitrogen and oxygen atoms in total. The van der Waals surface area contributed by atoms with E-state index in [1.54, 1.807) is 12.1 Å². The van der Waals surface area contributed by atoms with E-state index in [1.807, 2.05) is 13.0 Å². The molecule has 3 N–H and O–H groups in total. The number of nitrogen functional groups attached to an aromatic ring is 1. The van der Waals surface area contributed by atoms with Crippen LogP contribution in [0, 0.1) is 6.92 Å². The summed E-state index contributed by atoms with van der Waals surface area (Å²) in [6.45, 7) is 1.83. The summed E-state index contributed by atoms with van der Waals surface area (Å²) >= 11 is 11.9. The Kier molecular flexibility index (Phi) is 3.93. The average Bonchev–Trinajstić information content (AvgIpc) is 2.33. The van der Waals surface area contributed by atoms with Crippen molar-refractivity contribution in [2.24, 2.45) is 0 Å². The predicted molar refractivity (Wildman–Crippen MR) is 77.8 cm³/mol. The first-order valence-corrected chi connectivity index (χ1v) is 6.22. The van der Waals surface area contributed by atoms with Crippen LogP contribution in [0.15, 0.2) is 30.3 Å². The van der Waals surface area contributed by atoms with Gasteiger partial charge in [0, 0.05) is 11.4 Å². The van der Waals surface area contributed by atoms with E-state index in [9.17, 15) is 4.79 Å². The Morgan fingerprint density at radius 3 is 2.74 bits per heavy atom. The van der Waals surface area contributed by atoms with Gasteiger partial charge in [-0.3, -0.25) is 4.79 Å². The number of carbonyl (C=O) groups is 1. The number of nitrogens with two attached hydrogens (primary N) is 1. The Hall–Kier alpha value is -1.78. The Morgan fingerprint density at radius 1 is 1.32 bits per heavy atom. The molecule has 0 aliphatic carbocycles. The van der Waals surface area contributed by atoms with Crippen molar-refractivity contribution >= 4 is 40.6 Å². The summed E-state index contributed by atoms with van der Waals surface area (Å²) in [7, 11) is 0. The monoisotopic (exact) mass is 295 g/mol. The molecule has 6 heteroatoms. The molecule has 2 rings (SSSR count). The van der Waals surface area contributed by atoms with Gasteiger partial charge in [0.2, 0.25) is 0 Å². The van der Waals surface area contributed by atoms with Crippen molar-refractivity contribution in [3.63, 3.8) is 0 Å².